The second-order valence-corrected chi connectivity index (χ2v) is 1.05. The van der Waals surface area contributed by atoms with Crippen molar-refractivity contribution in [3.8, 4) is 0 Å². The molecule has 0 atom stereocenters. The van der Waals surface area contributed by atoms with Crippen LogP contribution in [0.4, 0.5) is 0 Å². The zero-order chi connectivity index (χ0) is 12.8. The van der Waals surface area contributed by atoms with E-state index in [0.29, 0.717) is 0 Å². The average Bonchev–Trinajstić information content (AvgIpc) is 2.36. The SMILES string of the molecule is C[CH][CH][CH][CH]C.[C-]#[O+].[C-]#[O+].[C-]#[O+].[C-]#[O+].[Cr]. The molecule has 4 radical (unpaired) electrons. The van der Waals surface area contributed by atoms with Gasteiger partial charge in [0.25, 0.3) is 0 Å². The van der Waals surface area contributed by atoms with Crippen LogP contribution >= 0.6 is 0 Å². The van der Waals surface area contributed by atoms with Crippen molar-refractivity contribution >= 4 is 0 Å². The predicted octanol–water partition coefficient (Wildman–Crippen LogP) is 1.69. The molecule has 0 aromatic heterocycles. The van der Waals surface area contributed by atoms with Crippen LogP contribution in [0, 0.1) is 52.3 Å². The van der Waals surface area contributed by atoms with Crippen LogP contribution < -0.4 is 0 Å². The van der Waals surface area contributed by atoms with Crippen molar-refractivity contribution < 1.29 is 36.0 Å². The molecule has 0 N–H and O–H groups in total. The summed E-state index contributed by atoms with van der Waals surface area (Å²) in [6.07, 6.45) is 8.00. The van der Waals surface area contributed by atoms with Gasteiger partial charge in [0.1, 0.15) is 0 Å². The third kappa shape index (κ3) is 287. The van der Waals surface area contributed by atoms with Crippen LogP contribution in [0.15, 0.2) is 0 Å². The topological polar surface area (TPSA) is 79.6 Å². The van der Waals surface area contributed by atoms with E-state index in [-0.39, 0.29) is 17.4 Å². The van der Waals surface area contributed by atoms with E-state index >= 15 is 0 Å². The summed E-state index contributed by atoms with van der Waals surface area (Å²) in [5, 5.41) is 0. The molecule has 0 bridgehead atoms. The van der Waals surface area contributed by atoms with Crippen LogP contribution in [0.2, 0.25) is 0 Å². The normalized spacial score (nSPS) is 4.13. The number of hydrogen-bond acceptors (Lipinski definition) is 0. The third-order valence-corrected chi connectivity index (χ3v) is 0.496. The van der Waals surface area contributed by atoms with Crippen molar-refractivity contribution in [2.45, 2.75) is 13.8 Å². The Morgan fingerprint density at radius 1 is 0.600 bits per heavy atom. The summed E-state index contributed by atoms with van der Waals surface area (Å²) >= 11 is 0. The van der Waals surface area contributed by atoms with E-state index in [1.54, 1.807) is 0 Å². The smallest absolute Gasteiger partial charge is 0 e. The van der Waals surface area contributed by atoms with E-state index in [1.807, 2.05) is 39.5 Å². The molecule has 0 rings (SSSR count). The zero-order valence-corrected chi connectivity index (χ0v) is 9.63. The fraction of sp³-hybridized carbons (Fsp3) is 0.200. The molecule has 0 spiro atoms. The van der Waals surface area contributed by atoms with Gasteiger partial charge in [-0.05, 0) is 25.7 Å². The van der Waals surface area contributed by atoms with E-state index in [1.165, 1.54) is 0 Å². The largest absolute Gasteiger partial charge is 0 e. The van der Waals surface area contributed by atoms with Crippen molar-refractivity contribution in [2.75, 3.05) is 0 Å². The summed E-state index contributed by atoms with van der Waals surface area (Å²) in [6, 6.07) is 0. The van der Waals surface area contributed by atoms with Gasteiger partial charge in [-0.3, -0.25) is 0 Å². The van der Waals surface area contributed by atoms with E-state index in [0.717, 1.165) is 0 Å². The molecule has 5 heteroatoms. The Labute approximate surface area is 102 Å². The monoisotopic (exact) mass is 246 g/mol. The van der Waals surface area contributed by atoms with Crippen LogP contribution in [-0.2, 0) is 36.0 Å². The van der Waals surface area contributed by atoms with E-state index < -0.39 is 0 Å². The van der Waals surface area contributed by atoms with Gasteiger partial charge in [0.05, 0.1) is 0 Å². The molecule has 0 aliphatic heterocycles. The first kappa shape index (κ1) is 36.6. The van der Waals surface area contributed by atoms with Gasteiger partial charge in [-0.15, -0.1) is 0 Å². The number of rotatable bonds is 3. The standard InChI is InChI=1S/C6H10.4CO.Cr/c1-3-5-6-4-2;4*1-2;/h3-6H,1-2H3;;;;;. The molecule has 0 aliphatic rings. The van der Waals surface area contributed by atoms with Gasteiger partial charge in [0, 0.05) is 17.4 Å². The summed E-state index contributed by atoms with van der Waals surface area (Å²) < 4.78 is 30.0. The van der Waals surface area contributed by atoms with Gasteiger partial charge >= 0.3 is 45.2 Å². The predicted molar refractivity (Wildman–Crippen MR) is 44.3 cm³/mol. The Bertz CT molecular complexity index is 98.4. The Hall–Kier alpha value is -0.508. The third-order valence-electron chi connectivity index (χ3n) is 0.496. The van der Waals surface area contributed by atoms with Crippen molar-refractivity contribution in [1.82, 2.24) is 0 Å². The van der Waals surface area contributed by atoms with Crippen LogP contribution in [0.1, 0.15) is 13.8 Å². The maximum atomic E-state index is 7.50. The molecule has 0 fully saturated rings. The van der Waals surface area contributed by atoms with Crippen molar-refractivity contribution in [3.05, 3.63) is 52.3 Å². The van der Waals surface area contributed by atoms with E-state index in [2.05, 4.69) is 26.6 Å². The van der Waals surface area contributed by atoms with E-state index in [4.69, 9.17) is 18.6 Å². The Balaban J connectivity index is -0.0000000194. The average molecular weight is 246 g/mol. The van der Waals surface area contributed by atoms with Crippen molar-refractivity contribution in [2.24, 2.45) is 0 Å². The number of unbranched alkanes of at least 4 members (excludes halogenated alkanes) is 3. The number of hydrogen-bond donors (Lipinski definition) is 0. The molecule has 80 valence electrons. The summed E-state index contributed by atoms with van der Waals surface area (Å²) in [7, 11) is 0. The second-order valence-electron chi connectivity index (χ2n) is 1.05. The molecule has 0 aliphatic carbocycles. The van der Waals surface area contributed by atoms with Gasteiger partial charge in [0.2, 0.25) is 0 Å². The minimum atomic E-state index is 0. The van der Waals surface area contributed by atoms with Gasteiger partial charge < -0.3 is 0 Å². The van der Waals surface area contributed by atoms with Gasteiger partial charge in [-0.2, -0.15) is 0 Å². The quantitative estimate of drug-likeness (QED) is 0.412. The van der Waals surface area contributed by atoms with Gasteiger partial charge in [0.15, 0.2) is 0 Å². The molecule has 4 nitrogen and oxygen atoms in total. The van der Waals surface area contributed by atoms with Crippen LogP contribution in [-0.4, -0.2) is 0 Å². The van der Waals surface area contributed by atoms with Crippen LogP contribution in [0.5, 0.6) is 0 Å². The molecule has 0 heterocycles. The molecule has 0 aromatic carbocycles. The minimum absolute atomic E-state index is 0. The Kier molecular flexibility index (Phi) is 421. The molecular weight excluding hydrogens is 236 g/mol. The first-order chi connectivity index (χ1) is 6.91. The molecular formula is C10H10CrO4. The second kappa shape index (κ2) is 173. The fourth-order valence-electron chi connectivity index (χ4n) is 0.222. The fourth-order valence-corrected chi connectivity index (χ4v) is 0.222. The Morgan fingerprint density at radius 3 is 0.800 bits per heavy atom. The summed E-state index contributed by atoms with van der Waals surface area (Å²) in [5.74, 6) is 0. The first-order valence-corrected chi connectivity index (χ1v) is 2.97. The van der Waals surface area contributed by atoms with E-state index in [9.17, 15) is 0 Å². The van der Waals surface area contributed by atoms with Crippen molar-refractivity contribution in [3.63, 3.8) is 0 Å². The molecule has 0 aromatic rings. The van der Waals surface area contributed by atoms with Gasteiger partial charge in [-0.25, -0.2) is 0 Å². The van der Waals surface area contributed by atoms with Crippen molar-refractivity contribution in [1.29, 1.82) is 0 Å². The molecule has 15 heavy (non-hydrogen) atoms. The summed E-state index contributed by atoms with van der Waals surface area (Å²) in [6.45, 7) is 22.0. The van der Waals surface area contributed by atoms with Crippen LogP contribution in [0.3, 0.4) is 0 Å². The molecule has 0 saturated heterocycles. The molecule has 0 unspecified atom stereocenters. The van der Waals surface area contributed by atoms with Gasteiger partial charge in [-0.1, -0.05) is 13.8 Å². The summed E-state index contributed by atoms with van der Waals surface area (Å²) in [4.78, 5) is 0. The summed E-state index contributed by atoms with van der Waals surface area (Å²) in [5.41, 5.74) is 0. The maximum absolute atomic E-state index is 7.50. The molecule has 0 amide bonds. The Morgan fingerprint density at radius 2 is 0.733 bits per heavy atom. The molecule has 0 saturated carbocycles. The zero-order valence-electron chi connectivity index (χ0n) is 8.35. The minimum Gasteiger partial charge on any atom is 0 e. The van der Waals surface area contributed by atoms with Crippen LogP contribution in [0.25, 0.3) is 0 Å². The maximum Gasteiger partial charge on any atom is 0 e. The first-order valence-electron chi connectivity index (χ1n) is 2.97.